The highest BCUT2D eigenvalue weighted by Gasteiger charge is 2.05. The summed E-state index contributed by atoms with van der Waals surface area (Å²) in [5, 5.41) is 14.4. The van der Waals surface area contributed by atoms with Crippen molar-refractivity contribution in [3.8, 4) is 0 Å². The van der Waals surface area contributed by atoms with Crippen LogP contribution in [0.1, 0.15) is 23.8 Å². The van der Waals surface area contributed by atoms with Crippen LogP contribution in [-0.4, -0.2) is 17.8 Å². The van der Waals surface area contributed by atoms with Crippen LogP contribution >= 0.6 is 23.7 Å². The number of thiophene rings is 1. The van der Waals surface area contributed by atoms with Gasteiger partial charge in [-0.05, 0) is 30.4 Å². The van der Waals surface area contributed by atoms with Gasteiger partial charge < -0.3 is 10.4 Å². The molecule has 0 spiro atoms. The van der Waals surface area contributed by atoms with Crippen molar-refractivity contribution in [1.29, 1.82) is 0 Å². The molecule has 1 atom stereocenters. The molecule has 14 heavy (non-hydrogen) atoms. The SMILES string of the molecule is CCC(CO)NCc1sccc1C.Cl. The maximum Gasteiger partial charge on any atom is 0.0584 e. The van der Waals surface area contributed by atoms with Crippen LogP contribution in [0.25, 0.3) is 0 Å². The van der Waals surface area contributed by atoms with Gasteiger partial charge >= 0.3 is 0 Å². The Kier molecular flexibility index (Phi) is 7.19. The quantitative estimate of drug-likeness (QED) is 0.821. The molecule has 0 saturated heterocycles. The lowest BCUT2D eigenvalue weighted by Crippen LogP contribution is -2.31. The Morgan fingerprint density at radius 2 is 2.29 bits per heavy atom. The predicted octanol–water partition coefficient (Wildman–Crippen LogP) is 2.34. The summed E-state index contributed by atoms with van der Waals surface area (Å²) in [4.78, 5) is 1.37. The van der Waals surface area contributed by atoms with E-state index in [9.17, 15) is 0 Å². The molecular weight excluding hydrogens is 218 g/mol. The van der Waals surface area contributed by atoms with E-state index >= 15 is 0 Å². The second-order valence-corrected chi connectivity index (χ2v) is 4.20. The molecule has 1 heterocycles. The molecule has 0 aliphatic carbocycles. The van der Waals surface area contributed by atoms with Crippen molar-refractivity contribution in [3.63, 3.8) is 0 Å². The lowest BCUT2D eigenvalue weighted by Gasteiger charge is -2.13. The average molecular weight is 236 g/mol. The third-order valence-corrected chi connectivity index (χ3v) is 3.26. The van der Waals surface area contributed by atoms with Gasteiger partial charge in [0.05, 0.1) is 6.61 Å². The number of rotatable bonds is 5. The van der Waals surface area contributed by atoms with Gasteiger partial charge in [0.15, 0.2) is 0 Å². The molecule has 0 aliphatic heterocycles. The number of nitrogens with one attached hydrogen (secondary N) is 1. The van der Waals surface area contributed by atoms with Crippen LogP contribution in [0.15, 0.2) is 11.4 Å². The fourth-order valence-corrected chi connectivity index (χ4v) is 2.02. The molecule has 0 amide bonds. The maximum atomic E-state index is 8.96. The van der Waals surface area contributed by atoms with Crippen LogP contribution in [0.2, 0.25) is 0 Å². The van der Waals surface area contributed by atoms with Crippen molar-refractivity contribution in [2.24, 2.45) is 0 Å². The molecule has 1 aromatic rings. The Morgan fingerprint density at radius 3 is 2.71 bits per heavy atom. The third kappa shape index (κ3) is 3.96. The zero-order chi connectivity index (χ0) is 9.68. The van der Waals surface area contributed by atoms with Crippen LogP contribution in [0.3, 0.4) is 0 Å². The zero-order valence-corrected chi connectivity index (χ0v) is 10.3. The van der Waals surface area contributed by atoms with Gasteiger partial charge in [0.1, 0.15) is 0 Å². The van der Waals surface area contributed by atoms with Crippen LogP contribution < -0.4 is 5.32 Å². The van der Waals surface area contributed by atoms with E-state index in [1.807, 2.05) is 0 Å². The maximum absolute atomic E-state index is 8.96. The van der Waals surface area contributed by atoms with Crippen molar-refractivity contribution < 1.29 is 5.11 Å². The average Bonchev–Trinajstić information content (AvgIpc) is 2.54. The van der Waals surface area contributed by atoms with Crippen molar-refractivity contribution >= 4 is 23.7 Å². The van der Waals surface area contributed by atoms with E-state index in [0.717, 1.165) is 13.0 Å². The lowest BCUT2D eigenvalue weighted by molar-refractivity contribution is 0.238. The molecule has 0 radical (unpaired) electrons. The lowest BCUT2D eigenvalue weighted by atomic mass is 10.2. The van der Waals surface area contributed by atoms with Gasteiger partial charge in [0.2, 0.25) is 0 Å². The van der Waals surface area contributed by atoms with Gasteiger partial charge in [-0.15, -0.1) is 23.7 Å². The number of halogens is 1. The molecule has 0 bridgehead atoms. The van der Waals surface area contributed by atoms with Crippen LogP contribution in [0, 0.1) is 6.92 Å². The van der Waals surface area contributed by atoms with Gasteiger partial charge in [-0.1, -0.05) is 6.92 Å². The van der Waals surface area contributed by atoms with E-state index in [0.29, 0.717) is 0 Å². The van der Waals surface area contributed by atoms with Gasteiger partial charge in [-0.3, -0.25) is 0 Å². The zero-order valence-electron chi connectivity index (χ0n) is 8.62. The normalized spacial score (nSPS) is 12.2. The molecule has 0 fully saturated rings. The first-order valence-electron chi connectivity index (χ1n) is 4.65. The highest BCUT2D eigenvalue weighted by atomic mass is 35.5. The standard InChI is InChI=1S/C10H17NOS.ClH/c1-3-9(7-12)11-6-10-8(2)4-5-13-10;/h4-5,9,11-12H,3,6-7H2,1-2H3;1H. The predicted molar refractivity (Wildman–Crippen MR) is 64.3 cm³/mol. The van der Waals surface area contributed by atoms with E-state index in [2.05, 4.69) is 30.6 Å². The Balaban J connectivity index is 0.00000169. The second kappa shape index (κ2) is 7.23. The number of hydrogen-bond acceptors (Lipinski definition) is 3. The fraction of sp³-hybridized carbons (Fsp3) is 0.600. The molecule has 1 rings (SSSR count). The van der Waals surface area contributed by atoms with Crippen molar-refractivity contribution in [2.45, 2.75) is 32.9 Å². The summed E-state index contributed by atoms with van der Waals surface area (Å²) in [7, 11) is 0. The Hall–Kier alpha value is -0.0900. The molecule has 2 nitrogen and oxygen atoms in total. The minimum absolute atomic E-state index is 0. The topological polar surface area (TPSA) is 32.3 Å². The molecule has 1 aromatic heterocycles. The number of aliphatic hydroxyl groups is 1. The summed E-state index contributed by atoms with van der Waals surface area (Å²) in [6.45, 7) is 5.30. The monoisotopic (exact) mass is 235 g/mol. The van der Waals surface area contributed by atoms with Crippen LogP contribution in [0.5, 0.6) is 0 Å². The van der Waals surface area contributed by atoms with Gasteiger partial charge in [-0.2, -0.15) is 0 Å². The molecule has 2 N–H and O–H groups in total. The van der Waals surface area contributed by atoms with E-state index in [1.54, 1.807) is 11.3 Å². The van der Waals surface area contributed by atoms with E-state index in [1.165, 1.54) is 10.4 Å². The largest absolute Gasteiger partial charge is 0.395 e. The molecule has 0 aromatic carbocycles. The molecule has 1 unspecified atom stereocenters. The first-order chi connectivity index (χ1) is 6.27. The summed E-state index contributed by atoms with van der Waals surface area (Å²) in [5.41, 5.74) is 1.34. The van der Waals surface area contributed by atoms with E-state index < -0.39 is 0 Å². The van der Waals surface area contributed by atoms with E-state index in [-0.39, 0.29) is 25.1 Å². The second-order valence-electron chi connectivity index (χ2n) is 3.20. The van der Waals surface area contributed by atoms with Crippen molar-refractivity contribution in [3.05, 3.63) is 21.9 Å². The minimum atomic E-state index is 0. The smallest absolute Gasteiger partial charge is 0.0584 e. The minimum Gasteiger partial charge on any atom is -0.395 e. The summed E-state index contributed by atoms with van der Waals surface area (Å²) in [6.07, 6.45) is 0.973. The Labute approximate surface area is 95.8 Å². The van der Waals surface area contributed by atoms with E-state index in [4.69, 9.17) is 5.11 Å². The van der Waals surface area contributed by atoms with Crippen molar-refractivity contribution in [1.82, 2.24) is 5.32 Å². The molecule has 0 saturated carbocycles. The first kappa shape index (κ1) is 13.9. The van der Waals surface area contributed by atoms with Gasteiger partial charge in [0.25, 0.3) is 0 Å². The highest BCUT2D eigenvalue weighted by Crippen LogP contribution is 2.15. The summed E-state index contributed by atoms with van der Waals surface area (Å²) in [6, 6.07) is 2.36. The third-order valence-electron chi connectivity index (χ3n) is 2.23. The summed E-state index contributed by atoms with van der Waals surface area (Å²) < 4.78 is 0. The number of aliphatic hydroxyl groups excluding tert-OH is 1. The Morgan fingerprint density at radius 1 is 1.57 bits per heavy atom. The van der Waals surface area contributed by atoms with Gasteiger partial charge in [0, 0.05) is 17.5 Å². The number of aryl methyl sites for hydroxylation is 1. The fourth-order valence-electron chi connectivity index (χ4n) is 1.16. The van der Waals surface area contributed by atoms with Crippen molar-refractivity contribution in [2.75, 3.05) is 6.61 Å². The van der Waals surface area contributed by atoms with Gasteiger partial charge in [-0.25, -0.2) is 0 Å². The van der Waals surface area contributed by atoms with Crippen LogP contribution in [0.4, 0.5) is 0 Å². The Bertz CT molecular complexity index is 248. The summed E-state index contributed by atoms with van der Waals surface area (Å²) in [5.74, 6) is 0. The molecule has 4 heteroatoms. The number of hydrogen-bond donors (Lipinski definition) is 2. The highest BCUT2D eigenvalue weighted by molar-refractivity contribution is 7.10. The molecular formula is C10H18ClNOS. The first-order valence-corrected chi connectivity index (χ1v) is 5.53. The summed E-state index contributed by atoms with van der Waals surface area (Å²) >= 11 is 1.77. The molecule has 82 valence electrons. The molecule has 0 aliphatic rings. The van der Waals surface area contributed by atoms with Crippen LogP contribution in [-0.2, 0) is 6.54 Å².